The normalized spacial score (nSPS) is 14.3. The summed E-state index contributed by atoms with van der Waals surface area (Å²) in [6.07, 6.45) is 16.3. The van der Waals surface area contributed by atoms with Crippen LogP contribution in [0.15, 0.2) is 185 Å². The second-order valence-corrected chi connectivity index (χ2v) is 14.8. The number of rotatable bonds is 6. The van der Waals surface area contributed by atoms with Crippen LogP contribution in [0, 0.1) is 12.1 Å². The molecule has 0 radical (unpaired) electrons. The number of fused-ring (bicyclic) bond motifs is 6. The monoisotopic (exact) mass is 729 g/mol. The minimum Gasteiger partial charge on any atom is -0.455 e. The lowest BCUT2D eigenvalue weighted by molar-refractivity contribution is 0.667. The Morgan fingerprint density at radius 2 is 1.30 bits per heavy atom. The summed E-state index contributed by atoms with van der Waals surface area (Å²) in [6.45, 7) is 0. The summed E-state index contributed by atoms with van der Waals surface area (Å²) >= 11 is 0. The van der Waals surface area contributed by atoms with Crippen molar-refractivity contribution in [2.45, 2.75) is 19.3 Å². The van der Waals surface area contributed by atoms with Gasteiger partial charge in [-0.3, -0.25) is 0 Å². The summed E-state index contributed by atoms with van der Waals surface area (Å²) in [6, 6.07) is 55.1. The maximum absolute atomic E-state index is 6.46. The standard InChI is InChI=1S/C54H35NO2/c1-2-13-35(14-3-1)36-15-8-16-37(30-29-36)42-33-49(40-19-9-17-38(31-40)43-23-11-25-47-45-21-4-6-27-51(45)56-53(43)47)55-50(34-42)41-20-10-18-39(32-41)44-24-12-26-48-46-22-5-7-28-52(46)57-54(44)48/h1-6,8-9,11-15,17,19-27,29-34H,10,16,18H2. The minimum absolute atomic E-state index is 0.736. The molecule has 57 heavy (non-hydrogen) atoms. The Kier molecular flexibility index (Phi) is 7.93. The molecule has 0 fully saturated rings. The average Bonchev–Trinajstić information content (AvgIpc) is 3.75. The number of hydrogen-bond donors (Lipinski definition) is 0. The highest BCUT2D eigenvalue weighted by atomic mass is 16.3. The first kappa shape index (κ1) is 33.0. The Bertz CT molecular complexity index is 3200. The summed E-state index contributed by atoms with van der Waals surface area (Å²) in [5.74, 6) is 0. The molecule has 0 saturated carbocycles. The molecule has 3 heteroatoms. The molecule has 3 nitrogen and oxygen atoms in total. The number of aromatic nitrogens is 1. The van der Waals surface area contributed by atoms with Crippen molar-refractivity contribution in [3.8, 4) is 22.4 Å². The Labute approximate surface area is 330 Å². The molecule has 0 saturated heterocycles. The fourth-order valence-corrected chi connectivity index (χ4v) is 8.47. The lowest BCUT2D eigenvalue weighted by atomic mass is 9.90. The van der Waals surface area contributed by atoms with Gasteiger partial charge in [-0.2, -0.15) is 0 Å². The molecule has 9 aromatic rings. The molecule has 11 rings (SSSR count). The second-order valence-electron chi connectivity index (χ2n) is 14.8. The van der Waals surface area contributed by atoms with Crippen LogP contribution >= 0.6 is 0 Å². The van der Waals surface area contributed by atoms with Gasteiger partial charge in [-0.25, -0.2) is 4.98 Å². The highest BCUT2D eigenvalue weighted by Gasteiger charge is 2.19. The maximum atomic E-state index is 6.46. The molecule has 0 N–H and O–H groups in total. The van der Waals surface area contributed by atoms with Crippen molar-refractivity contribution in [1.82, 2.24) is 4.98 Å². The van der Waals surface area contributed by atoms with Crippen molar-refractivity contribution >= 4 is 66.2 Å². The summed E-state index contributed by atoms with van der Waals surface area (Å²) in [5, 5.41) is 4.41. The zero-order valence-electron chi connectivity index (χ0n) is 31.1. The summed E-state index contributed by atoms with van der Waals surface area (Å²) < 4.78 is 12.9. The topological polar surface area (TPSA) is 39.2 Å². The van der Waals surface area contributed by atoms with Gasteiger partial charge in [0.1, 0.15) is 16.7 Å². The van der Waals surface area contributed by atoms with Gasteiger partial charge < -0.3 is 8.83 Å². The van der Waals surface area contributed by atoms with Crippen LogP contribution in [0.5, 0.6) is 0 Å². The number of allylic oxidation sites excluding steroid dienone is 10. The number of pyridine rings is 1. The van der Waals surface area contributed by atoms with E-state index in [2.05, 4.69) is 170 Å². The zero-order chi connectivity index (χ0) is 37.7. The lowest BCUT2D eigenvalue weighted by Crippen LogP contribution is -1.99. The molecule has 0 atom stereocenters. The van der Waals surface area contributed by atoms with E-state index in [9.17, 15) is 0 Å². The molecule has 6 aromatic carbocycles. The SMILES string of the molecule is c1ccc2c(c#1)oc1c(C3=CC(c4cc(C5=CC=C(c6ccccc6)C=CC5)cc(-c5cccc(-c6cccc7c6oc6ccccc67)c5)n4)=CCC3)cccc12. The molecule has 0 spiro atoms. The molecule has 0 amide bonds. The zero-order valence-corrected chi connectivity index (χ0v) is 31.1. The van der Waals surface area contributed by atoms with Crippen LogP contribution in [0.3, 0.4) is 0 Å². The number of furan rings is 2. The Balaban J connectivity index is 1.04. The minimum atomic E-state index is 0.736. The van der Waals surface area contributed by atoms with E-state index in [-0.39, 0.29) is 0 Å². The number of nitrogens with zero attached hydrogens (tertiary/aromatic N) is 1. The molecule has 0 aliphatic heterocycles. The van der Waals surface area contributed by atoms with Gasteiger partial charge in [0.05, 0.1) is 11.4 Å². The summed E-state index contributed by atoms with van der Waals surface area (Å²) in [4.78, 5) is 5.44. The van der Waals surface area contributed by atoms with Gasteiger partial charge in [0.2, 0.25) is 0 Å². The van der Waals surface area contributed by atoms with Gasteiger partial charge >= 0.3 is 0 Å². The van der Waals surface area contributed by atoms with Crippen LogP contribution in [0.2, 0.25) is 0 Å². The average molecular weight is 730 g/mol. The molecule has 0 unspecified atom stereocenters. The summed E-state index contributed by atoms with van der Waals surface area (Å²) in [5.41, 5.74) is 16.8. The van der Waals surface area contributed by atoms with E-state index in [1.807, 2.05) is 18.2 Å². The maximum Gasteiger partial charge on any atom is 0.185 e. The van der Waals surface area contributed by atoms with Gasteiger partial charge in [0.25, 0.3) is 0 Å². The summed E-state index contributed by atoms with van der Waals surface area (Å²) in [7, 11) is 0. The van der Waals surface area contributed by atoms with E-state index >= 15 is 0 Å². The third-order valence-corrected chi connectivity index (χ3v) is 11.3. The lowest BCUT2D eigenvalue weighted by Gasteiger charge is -2.17. The predicted octanol–water partition coefficient (Wildman–Crippen LogP) is 14.5. The van der Waals surface area contributed by atoms with Gasteiger partial charge in [0.15, 0.2) is 5.58 Å². The Hall–Kier alpha value is -7.41. The van der Waals surface area contributed by atoms with Crippen molar-refractivity contribution in [3.05, 3.63) is 210 Å². The van der Waals surface area contributed by atoms with E-state index < -0.39 is 0 Å². The van der Waals surface area contributed by atoms with Crippen LogP contribution in [0.25, 0.3) is 88.6 Å². The predicted molar refractivity (Wildman–Crippen MR) is 235 cm³/mol. The van der Waals surface area contributed by atoms with E-state index in [0.717, 1.165) is 108 Å². The fraction of sp³-hybridized carbons (Fsp3) is 0.0556. The van der Waals surface area contributed by atoms with Crippen molar-refractivity contribution in [2.24, 2.45) is 0 Å². The largest absolute Gasteiger partial charge is 0.455 e. The molecule has 3 heterocycles. The molecule has 268 valence electrons. The van der Waals surface area contributed by atoms with E-state index in [4.69, 9.17) is 13.8 Å². The molecular formula is C54H35NO2. The molecule has 0 bridgehead atoms. The molecule has 3 aromatic heterocycles. The Morgan fingerprint density at radius 1 is 0.544 bits per heavy atom. The van der Waals surface area contributed by atoms with Crippen molar-refractivity contribution < 1.29 is 8.83 Å². The molecule has 2 aliphatic rings. The van der Waals surface area contributed by atoms with Gasteiger partial charge in [-0.05, 0) is 107 Å². The first-order valence-corrected chi connectivity index (χ1v) is 19.5. The van der Waals surface area contributed by atoms with E-state index in [0.29, 0.717) is 0 Å². The van der Waals surface area contributed by atoms with Crippen molar-refractivity contribution in [2.75, 3.05) is 0 Å². The fourth-order valence-electron chi connectivity index (χ4n) is 8.47. The first-order chi connectivity index (χ1) is 28.2. The smallest absolute Gasteiger partial charge is 0.185 e. The third kappa shape index (κ3) is 5.91. The van der Waals surface area contributed by atoms with E-state index in [1.165, 1.54) is 22.3 Å². The van der Waals surface area contributed by atoms with Crippen molar-refractivity contribution in [1.29, 1.82) is 0 Å². The van der Waals surface area contributed by atoms with Crippen LogP contribution in [-0.4, -0.2) is 4.98 Å². The van der Waals surface area contributed by atoms with Crippen LogP contribution in [0.4, 0.5) is 0 Å². The van der Waals surface area contributed by atoms with Crippen molar-refractivity contribution in [3.63, 3.8) is 0 Å². The van der Waals surface area contributed by atoms with Crippen LogP contribution in [0.1, 0.15) is 41.6 Å². The third-order valence-electron chi connectivity index (χ3n) is 11.3. The number of benzene rings is 5. The quantitative estimate of drug-likeness (QED) is 0.171. The van der Waals surface area contributed by atoms with E-state index in [1.54, 1.807) is 0 Å². The first-order valence-electron chi connectivity index (χ1n) is 19.5. The Morgan fingerprint density at radius 3 is 2.23 bits per heavy atom. The van der Waals surface area contributed by atoms with Crippen LogP contribution < -0.4 is 0 Å². The highest BCUT2D eigenvalue weighted by molar-refractivity contribution is 6.10. The molecule has 2 aliphatic carbocycles. The second kappa shape index (κ2) is 13.7. The number of para-hydroxylation sites is 3. The highest BCUT2D eigenvalue weighted by Crippen LogP contribution is 2.40. The molecular weight excluding hydrogens is 695 g/mol. The van der Waals surface area contributed by atoms with Gasteiger partial charge in [0, 0.05) is 38.2 Å². The number of hydrogen-bond acceptors (Lipinski definition) is 3. The van der Waals surface area contributed by atoms with Gasteiger partial charge in [-0.1, -0.05) is 140 Å². The van der Waals surface area contributed by atoms with Crippen LogP contribution in [-0.2, 0) is 0 Å². The van der Waals surface area contributed by atoms with Gasteiger partial charge in [-0.15, -0.1) is 0 Å².